The Morgan fingerprint density at radius 1 is 1.08 bits per heavy atom. The lowest BCUT2D eigenvalue weighted by Gasteiger charge is -2.13. The van der Waals surface area contributed by atoms with Crippen molar-refractivity contribution in [2.24, 2.45) is 4.99 Å². The average Bonchev–Trinajstić information content (AvgIpc) is 3.30. The Kier molecular flexibility index (Phi) is 8.54. The number of aliphatic imine (C=N–C) groups is 1. The standard InChI is InChI=1S/C29H23Br2N3O4S/c30-20-14-19(27(24(31)15-20)38-17-18-10-12-22(13-11-18)34(36)37)16-32-29-26(23-8-4-5-9-25(23)39-29)28(35)33-21-6-2-1-3-7-21/h1-3,6-7,10-16H,4-5,8-9,17H2,(H,33,35). The molecule has 0 aliphatic heterocycles. The molecule has 5 rings (SSSR count). The van der Waals surface area contributed by atoms with Crippen molar-refractivity contribution in [3.8, 4) is 5.75 Å². The lowest BCUT2D eigenvalue weighted by molar-refractivity contribution is -0.384. The van der Waals surface area contributed by atoms with Crippen LogP contribution < -0.4 is 10.1 Å². The number of nitrogens with one attached hydrogen (secondary N) is 1. The molecule has 198 valence electrons. The van der Waals surface area contributed by atoms with Crippen LogP contribution in [0.15, 0.2) is 80.7 Å². The van der Waals surface area contributed by atoms with Gasteiger partial charge < -0.3 is 10.1 Å². The first-order chi connectivity index (χ1) is 18.9. The molecule has 10 heteroatoms. The summed E-state index contributed by atoms with van der Waals surface area (Å²) in [6.45, 7) is 0.219. The number of aryl methyl sites for hydroxylation is 1. The van der Waals surface area contributed by atoms with Gasteiger partial charge in [0.2, 0.25) is 0 Å². The van der Waals surface area contributed by atoms with Gasteiger partial charge in [0.25, 0.3) is 11.6 Å². The SMILES string of the molecule is O=C(Nc1ccccc1)c1c(N=Cc2cc(Br)cc(Br)c2OCc2ccc([N+](=O)[O-])cc2)sc2c1CCCC2. The Morgan fingerprint density at radius 3 is 2.56 bits per heavy atom. The highest BCUT2D eigenvalue weighted by Gasteiger charge is 2.25. The fourth-order valence-electron chi connectivity index (χ4n) is 4.42. The molecule has 1 aliphatic rings. The highest BCUT2D eigenvalue weighted by molar-refractivity contribution is 9.11. The first kappa shape index (κ1) is 27.2. The molecular formula is C29H23Br2N3O4S. The summed E-state index contributed by atoms with van der Waals surface area (Å²) in [5.41, 5.74) is 4.02. The normalized spacial score (nSPS) is 12.8. The maximum absolute atomic E-state index is 13.4. The second-order valence-electron chi connectivity index (χ2n) is 8.99. The lowest BCUT2D eigenvalue weighted by atomic mass is 9.95. The zero-order valence-electron chi connectivity index (χ0n) is 20.7. The number of hydrogen-bond donors (Lipinski definition) is 1. The number of hydrogen-bond acceptors (Lipinski definition) is 6. The number of carbonyl (C=O) groups is 1. The molecule has 0 radical (unpaired) electrons. The van der Waals surface area contributed by atoms with Crippen LogP contribution in [0.2, 0.25) is 0 Å². The van der Waals surface area contributed by atoms with E-state index < -0.39 is 4.92 Å². The third kappa shape index (κ3) is 6.46. The fraction of sp³-hybridized carbons (Fsp3) is 0.172. The molecule has 0 bridgehead atoms. The van der Waals surface area contributed by atoms with Crippen molar-refractivity contribution in [2.45, 2.75) is 32.3 Å². The molecule has 1 heterocycles. The van der Waals surface area contributed by atoms with Crippen LogP contribution in [-0.2, 0) is 19.4 Å². The van der Waals surface area contributed by atoms with Crippen LogP contribution in [0.5, 0.6) is 5.75 Å². The number of fused-ring (bicyclic) bond motifs is 1. The van der Waals surface area contributed by atoms with Gasteiger partial charge in [0, 0.05) is 38.9 Å². The van der Waals surface area contributed by atoms with Gasteiger partial charge in [-0.3, -0.25) is 14.9 Å². The van der Waals surface area contributed by atoms with Crippen LogP contribution in [0.3, 0.4) is 0 Å². The molecule has 0 saturated heterocycles. The van der Waals surface area contributed by atoms with Crippen LogP contribution in [0.1, 0.15) is 44.8 Å². The second kappa shape index (κ2) is 12.2. The molecule has 0 saturated carbocycles. The van der Waals surface area contributed by atoms with Gasteiger partial charge >= 0.3 is 0 Å². The fourth-order valence-corrected chi connectivity index (χ4v) is 7.02. The first-order valence-corrected chi connectivity index (χ1v) is 14.7. The third-order valence-corrected chi connectivity index (χ3v) is 8.55. The summed E-state index contributed by atoms with van der Waals surface area (Å²) in [6, 6.07) is 19.5. The number of rotatable bonds is 8. The molecule has 1 N–H and O–H groups in total. The Hall–Kier alpha value is -3.34. The molecule has 39 heavy (non-hydrogen) atoms. The summed E-state index contributed by atoms with van der Waals surface area (Å²) in [6.07, 6.45) is 5.70. The highest BCUT2D eigenvalue weighted by Crippen LogP contribution is 2.41. The molecule has 0 atom stereocenters. The minimum absolute atomic E-state index is 0.0298. The quantitative estimate of drug-likeness (QED) is 0.116. The molecule has 7 nitrogen and oxygen atoms in total. The molecular weight excluding hydrogens is 646 g/mol. The minimum Gasteiger partial charge on any atom is -0.487 e. The number of benzene rings is 3. The van der Waals surface area contributed by atoms with Crippen molar-refractivity contribution in [2.75, 3.05) is 5.32 Å². The van der Waals surface area contributed by atoms with Gasteiger partial charge in [-0.15, -0.1) is 11.3 Å². The van der Waals surface area contributed by atoms with Crippen LogP contribution >= 0.6 is 43.2 Å². The molecule has 0 unspecified atom stereocenters. The maximum atomic E-state index is 13.4. The summed E-state index contributed by atoms with van der Waals surface area (Å²) < 4.78 is 7.70. The van der Waals surface area contributed by atoms with Gasteiger partial charge in [0.05, 0.1) is 15.0 Å². The summed E-state index contributed by atoms with van der Waals surface area (Å²) in [4.78, 5) is 30.0. The number of carbonyl (C=O) groups excluding carboxylic acids is 1. The van der Waals surface area contributed by atoms with Gasteiger partial charge in [0.1, 0.15) is 17.4 Å². The Labute approximate surface area is 246 Å². The predicted molar refractivity (Wildman–Crippen MR) is 162 cm³/mol. The number of ether oxygens (including phenoxy) is 1. The van der Waals surface area contributed by atoms with E-state index in [1.807, 2.05) is 42.5 Å². The number of halogens is 2. The van der Waals surface area contributed by atoms with Gasteiger partial charge in [-0.25, -0.2) is 4.99 Å². The van der Waals surface area contributed by atoms with E-state index in [-0.39, 0.29) is 18.2 Å². The van der Waals surface area contributed by atoms with Gasteiger partial charge in [-0.05, 0) is 89.1 Å². The summed E-state index contributed by atoms with van der Waals surface area (Å²) in [5, 5.41) is 14.6. The molecule has 0 spiro atoms. The van der Waals surface area contributed by atoms with E-state index in [0.29, 0.717) is 16.3 Å². The van der Waals surface area contributed by atoms with E-state index in [1.165, 1.54) is 17.0 Å². The van der Waals surface area contributed by atoms with Crippen molar-refractivity contribution in [3.63, 3.8) is 0 Å². The van der Waals surface area contributed by atoms with Gasteiger partial charge in [-0.2, -0.15) is 0 Å². The Morgan fingerprint density at radius 2 is 1.82 bits per heavy atom. The number of nitrogens with zero attached hydrogens (tertiary/aromatic N) is 2. The Bertz CT molecular complexity index is 1550. The van der Waals surface area contributed by atoms with Crippen molar-refractivity contribution >= 4 is 71.7 Å². The number of nitro groups is 1. The summed E-state index contributed by atoms with van der Waals surface area (Å²) in [5.74, 6) is 0.426. The highest BCUT2D eigenvalue weighted by atomic mass is 79.9. The number of nitro benzene ring substituents is 1. The molecule has 1 amide bonds. The molecule has 4 aromatic rings. The molecule has 0 fully saturated rings. The third-order valence-electron chi connectivity index (χ3n) is 6.30. The lowest BCUT2D eigenvalue weighted by Crippen LogP contribution is -2.14. The van der Waals surface area contributed by atoms with E-state index in [2.05, 4.69) is 37.2 Å². The average molecular weight is 669 g/mol. The smallest absolute Gasteiger partial charge is 0.269 e. The number of anilines is 1. The van der Waals surface area contributed by atoms with Gasteiger partial charge in [-0.1, -0.05) is 34.1 Å². The first-order valence-electron chi connectivity index (χ1n) is 12.3. The van der Waals surface area contributed by atoms with E-state index in [1.54, 1.807) is 29.7 Å². The molecule has 1 aliphatic carbocycles. The number of para-hydroxylation sites is 1. The number of thiophene rings is 1. The van der Waals surface area contributed by atoms with Crippen LogP contribution in [0.25, 0.3) is 0 Å². The maximum Gasteiger partial charge on any atom is 0.269 e. The topological polar surface area (TPSA) is 93.8 Å². The number of non-ortho nitro benzene ring substituents is 1. The zero-order valence-corrected chi connectivity index (χ0v) is 24.6. The van der Waals surface area contributed by atoms with Crippen LogP contribution in [-0.4, -0.2) is 17.0 Å². The van der Waals surface area contributed by atoms with E-state index >= 15 is 0 Å². The van der Waals surface area contributed by atoms with Crippen molar-refractivity contribution < 1.29 is 14.5 Å². The molecule has 1 aromatic heterocycles. The van der Waals surface area contributed by atoms with Crippen molar-refractivity contribution in [1.82, 2.24) is 0 Å². The summed E-state index contributed by atoms with van der Waals surface area (Å²) >= 11 is 8.69. The van der Waals surface area contributed by atoms with Gasteiger partial charge in [0.15, 0.2) is 0 Å². The largest absolute Gasteiger partial charge is 0.487 e. The second-order valence-corrected chi connectivity index (χ2v) is 11.8. The zero-order chi connectivity index (χ0) is 27.4. The van der Waals surface area contributed by atoms with E-state index in [0.717, 1.165) is 57.0 Å². The van der Waals surface area contributed by atoms with E-state index in [4.69, 9.17) is 9.73 Å². The molecule has 3 aromatic carbocycles. The number of amides is 1. The van der Waals surface area contributed by atoms with Crippen molar-refractivity contribution in [3.05, 3.63) is 113 Å². The minimum atomic E-state index is -0.429. The van der Waals surface area contributed by atoms with E-state index in [9.17, 15) is 14.9 Å². The summed E-state index contributed by atoms with van der Waals surface area (Å²) in [7, 11) is 0. The monoisotopic (exact) mass is 667 g/mol. The van der Waals surface area contributed by atoms with Crippen molar-refractivity contribution in [1.29, 1.82) is 0 Å². The Balaban J connectivity index is 1.44. The predicted octanol–water partition coefficient (Wildman–Crippen LogP) is 8.64. The van der Waals surface area contributed by atoms with Crippen LogP contribution in [0, 0.1) is 10.1 Å². The van der Waals surface area contributed by atoms with Crippen LogP contribution in [0.4, 0.5) is 16.4 Å².